The molecule has 4 nitrogen and oxygen atoms in total. The maximum absolute atomic E-state index is 5.88. The zero-order chi connectivity index (χ0) is 17.6. The number of nitrogens with one attached hydrogen (secondary N) is 1. The van der Waals surface area contributed by atoms with Gasteiger partial charge in [0.1, 0.15) is 12.4 Å². The maximum Gasteiger partial charge on any atom is 0.119 e. The first-order chi connectivity index (χ1) is 12.9. The number of rotatable bonds is 6. The van der Waals surface area contributed by atoms with E-state index in [1.165, 1.54) is 56.8 Å². The van der Waals surface area contributed by atoms with E-state index >= 15 is 0 Å². The van der Waals surface area contributed by atoms with E-state index < -0.39 is 0 Å². The number of hydrogen-bond donors (Lipinski definition) is 1. The fourth-order valence-electron chi connectivity index (χ4n) is 3.93. The molecule has 1 atom stereocenters. The minimum Gasteiger partial charge on any atom is -0.489 e. The number of benzene rings is 2. The smallest absolute Gasteiger partial charge is 0.119 e. The Morgan fingerprint density at radius 2 is 1.65 bits per heavy atom. The minimum absolute atomic E-state index is 0.623. The predicted molar refractivity (Wildman–Crippen MR) is 105 cm³/mol. The summed E-state index contributed by atoms with van der Waals surface area (Å²) in [7, 11) is 0. The van der Waals surface area contributed by atoms with Crippen molar-refractivity contribution >= 4 is 0 Å². The summed E-state index contributed by atoms with van der Waals surface area (Å²) < 4.78 is 5.88. The molecule has 0 bridgehead atoms. The molecule has 1 N–H and O–H groups in total. The summed E-state index contributed by atoms with van der Waals surface area (Å²) in [6.07, 6.45) is 1.31. The van der Waals surface area contributed by atoms with Gasteiger partial charge in [-0.1, -0.05) is 42.5 Å². The SMILES string of the molecule is c1ccc(COc2ccc(CN3CCN([C@H]4CCNC4)CC3)cc2)cc1. The normalized spacial score (nSPS) is 21.8. The van der Waals surface area contributed by atoms with Gasteiger partial charge in [0.2, 0.25) is 0 Å². The zero-order valence-electron chi connectivity index (χ0n) is 15.4. The average molecular weight is 351 g/mol. The molecule has 0 radical (unpaired) electrons. The molecule has 0 spiro atoms. The molecule has 26 heavy (non-hydrogen) atoms. The Morgan fingerprint density at radius 3 is 2.35 bits per heavy atom. The van der Waals surface area contributed by atoms with E-state index in [0.717, 1.165) is 18.3 Å². The van der Waals surface area contributed by atoms with E-state index in [9.17, 15) is 0 Å². The van der Waals surface area contributed by atoms with Crippen LogP contribution in [0.2, 0.25) is 0 Å². The van der Waals surface area contributed by atoms with Crippen molar-refractivity contribution in [3.63, 3.8) is 0 Å². The Morgan fingerprint density at radius 1 is 0.885 bits per heavy atom. The highest BCUT2D eigenvalue weighted by atomic mass is 16.5. The summed E-state index contributed by atoms with van der Waals surface area (Å²) in [6, 6.07) is 19.7. The van der Waals surface area contributed by atoms with Crippen molar-refractivity contribution in [1.82, 2.24) is 15.1 Å². The molecular weight excluding hydrogens is 322 g/mol. The Balaban J connectivity index is 1.23. The molecule has 2 fully saturated rings. The molecule has 2 aliphatic rings. The molecule has 2 aromatic rings. The van der Waals surface area contributed by atoms with Crippen LogP contribution in [0.1, 0.15) is 17.5 Å². The van der Waals surface area contributed by atoms with Crippen LogP contribution >= 0.6 is 0 Å². The van der Waals surface area contributed by atoms with Gasteiger partial charge in [-0.2, -0.15) is 0 Å². The fraction of sp³-hybridized carbons (Fsp3) is 0.455. The van der Waals surface area contributed by atoms with Gasteiger partial charge in [-0.3, -0.25) is 9.80 Å². The van der Waals surface area contributed by atoms with E-state index in [0.29, 0.717) is 6.61 Å². The topological polar surface area (TPSA) is 27.7 Å². The highest BCUT2D eigenvalue weighted by molar-refractivity contribution is 5.27. The molecule has 0 aromatic heterocycles. The first-order valence-corrected chi connectivity index (χ1v) is 9.79. The van der Waals surface area contributed by atoms with Crippen LogP contribution in [0.5, 0.6) is 5.75 Å². The monoisotopic (exact) mass is 351 g/mol. The van der Waals surface area contributed by atoms with E-state index in [2.05, 4.69) is 51.5 Å². The summed E-state index contributed by atoms with van der Waals surface area (Å²) in [5.74, 6) is 0.941. The van der Waals surface area contributed by atoms with Gasteiger partial charge in [-0.15, -0.1) is 0 Å². The Bertz CT molecular complexity index is 660. The maximum atomic E-state index is 5.88. The van der Waals surface area contributed by atoms with Gasteiger partial charge in [-0.25, -0.2) is 0 Å². The van der Waals surface area contributed by atoms with E-state index in [1.54, 1.807) is 0 Å². The molecule has 2 saturated heterocycles. The van der Waals surface area contributed by atoms with Crippen molar-refractivity contribution in [2.75, 3.05) is 39.3 Å². The lowest BCUT2D eigenvalue weighted by Crippen LogP contribution is -2.50. The lowest BCUT2D eigenvalue weighted by Gasteiger charge is -2.37. The Hall–Kier alpha value is -1.88. The zero-order valence-corrected chi connectivity index (χ0v) is 15.4. The molecule has 4 heteroatoms. The van der Waals surface area contributed by atoms with Crippen LogP contribution in [0.15, 0.2) is 54.6 Å². The van der Waals surface area contributed by atoms with Gasteiger partial charge in [0.15, 0.2) is 0 Å². The third kappa shape index (κ3) is 4.64. The van der Waals surface area contributed by atoms with Crippen LogP contribution in [-0.4, -0.2) is 55.1 Å². The van der Waals surface area contributed by atoms with Crippen LogP contribution in [-0.2, 0) is 13.2 Å². The second-order valence-electron chi connectivity index (χ2n) is 7.38. The van der Waals surface area contributed by atoms with Gasteiger partial charge in [-0.05, 0) is 36.2 Å². The van der Waals surface area contributed by atoms with Crippen LogP contribution in [0.4, 0.5) is 0 Å². The molecule has 0 unspecified atom stereocenters. The van der Waals surface area contributed by atoms with E-state index in [-0.39, 0.29) is 0 Å². The highest BCUT2D eigenvalue weighted by Gasteiger charge is 2.25. The molecule has 0 aliphatic carbocycles. The third-order valence-corrected chi connectivity index (χ3v) is 5.54. The predicted octanol–water partition coefficient (Wildman–Crippen LogP) is 2.75. The van der Waals surface area contributed by atoms with Gasteiger partial charge < -0.3 is 10.1 Å². The molecule has 0 amide bonds. The van der Waals surface area contributed by atoms with Crippen molar-refractivity contribution in [1.29, 1.82) is 0 Å². The van der Waals surface area contributed by atoms with Crippen molar-refractivity contribution in [3.8, 4) is 5.75 Å². The quantitative estimate of drug-likeness (QED) is 0.866. The standard InChI is InChI=1S/C22H29N3O/c1-2-4-20(5-3-1)18-26-22-8-6-19(7-9-22)17-24-12-14-25(15-13-24)21-10-11-23-16-21/h1-9,21,23H,10-18H2/t21-/m0/s1. The van der Waals surface area contributed by atoms with Crippen LogP contribution in [0, 0.1) is 0 Å². The Kier molecular flexibility index (Phi) is 5.85. The number of nitrogens with zero attached hydrogens (tertiary/aromatic N) is 2. The van der Waals surface area contributed by atoms with Crippen molar-refractivity contribution in [3.05, 3.63) is 65.7 Å². The number of hydrogen-bond acceptors (Lipinski definition) is 4. The molecule has 4 rings (SSSR count). The molecule has 2 heterocycles. The lowest BCUT2D eigenvalue weighted by molar-refractivity contribution is 0.0981. The van der Waals surface area contributed by atoms with Crippen LogP contribution < -0.4 is 10.1 Å². The van der Waals surface area contributed by atoms with E-state index in [4.69, 9.17) is 4.74 Å². The number of piperazine rings is 1. The average Bonchev–Trinajstić information content (AvgIpc) is 3.24. The summed E-state index contributed by atoms with van der Waals surface area (Å²) >= 11 is 0. The van der Waals surface area contributed by atoms with Crippen molar-refractivity contribution in [2.24, 2.45) is 0 Å². The number of ether oxygens (including phenoxy) is 1. The third-order valence-electron chi connectivity index (χ3n) is 5.54. The summed E-state index contributed by atoms with van der Waals surface area (Å²) in [5.41, 5.74) is 2.57. The second-order valence-corrected chi connectivity index (χ2v) is 7.38. The first-order valence-electron chi connectivity index (χ1n) is 9.79. The fourth-order valence-corrected chi connectivity index (χ4v) is 3.93. The lowest BCUT2D eigenvalue weighted by atomic mass is 10.1. The first kappa shape index (κ1) is 17.5. The molecule has 2 aliphatic heterocycles. The van der Waals surface area contributed by atoms with Gasteiger partial charge in [0, 0.05) is 45.3 Å². The van der Waals surface area contributed by atoms with Gasteiger partial charge >= 0.3 is 0 Å². The molecule has 2 aromatic carbocycles. The summed E-state index contributed by atoms with van der Waals surface area (Å²) in [6.45, 7) is 8.75. The second kappa shape index (κ2) is 8.67. The van der Waals surface area contributed by atoms with Crippen LogP contribution in [0.25, 0.3) is 0 Å². The summed E-state index contributed by atoms with van der Waals surface area (Å²) in [5, 5.41) is 3.48. The largest absolute Gasteiger partial charge is 0.489 e. The minimum atomic E-state index is 0.623. The highest BCUT2D eigenvalue weighted by Crippen LogP contribution is 2.17. The van der Waals surface area contributed by atoms with Crippen LogP contribution in [0.3, 0.4) is 0 Å². The Labute approximate surface area is 156 Å². The molecule has 0 saturated carbocycles. The van der Waals surface area contributed by atoms with Crippen molar-refractivity contribution < 1.29 is 4.74 Å². The summed E-state index contributed by atoms with van der Waals surface area (Å²) in [4.78, 5) is 5.23. The van der Waals surface area contributed by atoms with Crippen molar-refractivity contribution in [2.45, 2.75) is 25.6 Å². The molecule has 138 valence electrons. The van der Waals surface area contributed by atoms with Gasteiger partial charge in [0.05, 0.1) is 0 Å². The van der Waals surface area contributed by atoms with Gasteiger partial charge in [0.25, 0.3) is 0 Å². The molecular formula is C22H29N3O. The van der Waals surface area contributed by atoms with E-state index in [1.807, 2.05) is 18.2 Å².